The van der Waals surface area contributed by atoms with Gasteiger partial charge in [-0.15, -0.1) is 0 Å². The Morgan fingerprint density at radius 2 is 1.32 bits per heavy atom. The van der Waals surface area contributed by atoms with E-state index < -0.39 is 0 Å². The van der Waals surface area contributed by atoms with Gasteiger partial charge in [-0.1, -0.05) is 101 Å². The smallest absolute Gasteiger partial charge is 0.308 e. The van der Waals surface area contributed by atoms with Gasteiger partial charge in [-0.05, 0) is 31.6 Å². The number of ether oxygens (including phenoxy) is 1. The van der Waals surface area contributed by atoms with Crippen molar-refractivity contribution in [3.63, 3.8) is 0 Å². The van der Waals surface area contributed by atoms with Crippen LogP contribution in [-0.4, -0.2) is 12.6 Å². The molecule has 0 aromatic heterocycles. The molecule has 1 aliphatic rings. The summed E-state index contributed by atoms with van der Waals surface area (Å²) in [6.45, 7) is 21.1. The Morgan fingerprint density at radius 1 is 0.880 bits per heavy atom. The molecule has 0 N–H and O–H groups in total. The Labute approximate surface area is 161 Å². The average molecular weight is 361 g/mol. The summed E-state index contributed by atoms with van der Waals surface area (Å²) in [5.74, 6) is 0.806. The van der Waals surface area contributed by atoms with Crippen molar-refractivity contribution in [2.75, 3.05) is 6.61 Å². The molecule has 0 saturated heterocycles. The first-order chi connectivity index (χ1) is 12.2. The number of carbonyl (C=O) groups excluding carboxylic acids is 1. The fourth-order valence-electron chi connectivity index (χ4n) is 2.51. The van der Waals surface area contributed by atoms with Crippen LogP contribution in [-0.2, 0) is 9.53 Å². The van der Waals surface area contributed by atoms with Crippen molar-refractivity contribution >= 4 is 5.97 Å². The van der Waals surface area contributed by atoms with E-state index in [-0.39, 0.29) is 11.9 Å². The third kappa shape index (κ3) is 23.5. The Bertz CT molecular complexity index is 208. The van der Waals surface area contributed by atoms with Gasteiger partial charge in [0, 0.05) is 0 Å². The predicted octanol–water partition coefficient (Wildman–Crippen LogP) is 8.43. The van der Waals surface area contributed by atoms with Crippen LogP contribution < -0.4 is 0 Å². The number of rotatable bonds is 6. The Balaban J connectivity index is -0.000000210. The van der Waals surface area contributed by atoms with Gasteiger partial charge in [-0.2, -0.15) is 0 Å². The second-order valence-corrected chi connectivity index (χ2v) is 5.74. The number of carbonyl (C=O) groups is 1. The standard InChI is InChI=1S/C14H26O2.C3H8.3C2H6/c1-3-8-13(4-2)14(15)16-11-12-9-6-5-7-10-12;1-3-2;3*1-2/h12-13H,3-11H2,1-2H3;3H2,1-2H3;3*1-2H3. The fraction of sp³-hybridized carbons (Fsp3) is 0.957. The van der Waals surface area contributed by atoms with Gasteiger partial charge in [0.2, 0.25) is 0 Å². The second-order valence-electron chi connectivity index (χ2n) is 5.74. The molecule has 156 valence electrons. The summed E-state index contributed by atoms with van der Waals surface area (Å²) in [5.41, 5.74) is 0. The minimum atomic E-state index is 0.0370. The lowest BCUT2D eigenvalue weighted by Crippen LogP contribution is -2.22. The minimum Gasteiger partial charge on any atom is -0.465 e. The summed E-state index contributed by atoms with van der Waals surface area (Å²) >= 11 is 0. The summed E-state index contributed by atoms with van der Waals surface area (Å²) in [6, 6.07) is 0. The summed E-state index contributed by atoms with van der Waals surface area (Å²) < 4.78 is 5.45. The normalized spacial score (nSPS) is 13.8. The van der Waals surface area contributed by atoms with Crippen molar-refractivity contribution in [2.45, 2.75) is 127 Å². The molecular formula is C23H52O2. The predicted molar refractivity (Wildman–Crippen MR) is 116 cm³/mol. The highest BCUT2D eigenvalue weighted by Gasteiger charge is 2.20. The first kappa shape index (κ1) is 32.2. The molecule has 1 fully saturated rings. The molecule has 1 aliphatic carbocycles. The van der Waals surface area contributed by atoms with Gasteiger partial charge in [0.05, 0.1) is 12.5 Å². The molecule has 1 unspecified atom stereocenters. The Hall–Kier alpha value is -0.530. The Morgan fingerprint density at radius 3 is 1.68 bits per heavy atom. The van der Waals surface area contributed by atoms with Crippen LogP contribution in [0.25, 0.3) is 0 Å². The third-order valence-corrected chi connectivity index (χ3v) is 3.65. The molecule has 0 heterocycles. The van der Waals surface area contributed by atoms with Crippen molar-refractivity contribution < 1.29 is 9.53 Å². The van der Waals surface area contributed by atoms with Crippen molar-refractivity contribution in [3.05, 3.63) is 0 Å². The summed E-state index contributed by atoms with van der Waals surface area (Å²) in [6.07, 6.45) is 10.7. The highest BCUT2D eigenvalue weighted by molar-refractivity contribution is 5.72. The van der Waals surface area contributed by atoms with E-state index in [0.29, 0.717) is 12.5 Å². The Kier molecular flexibility index (Phi) is 40.2. The van der Waals surface area contributed by atoms with Gasteiger partial charge in [-0.25, -0.2) is 0 Å². The largest absolute Gasteiger partial charge is 0.465 e. The number of hydrogen-bond donors (Lipinski definition) is 0. The summed E-state index contributed by atoms with van der Waals surface area (Å²) in [4.78, 5) is 11.8. The molecule has 0 radical (unpaired) electrons. The SMILES string of the molecule is CC.CC.CC.CCC.CCCC(CC)C(=O)OCC1CCCCC1. The van der Waals surface area contributed by atoms with Crippen LogP contribution in [0.15, 0.2) is 0 Å². The van der Waals surface area contributed by atoms with Crippen LogP contribution in [0.5, 0.6) is 0 Å². The van der Waals surface area contributed by atoms with E-state index in [1.165, 1.54) is 38.5 Å². The maximum absolute atomic E-state index is 11.8. The highest BCUT2D eigenvalue weighted by atomic mass is 16.5. The molecule has 1 rings (SSSR count). The quantitative estimate of drug-likeness (QED) is 0.444. The maximum atomic E-state index is 11.8. The molecule has 0 amide bonds. The molecular weight excluding hydrogens is 308 g/mol. The first-order valence-corrected chi connectivity index (χ1v) is 11.4. The molecule has 1 saturated carbocycles. The number of hydrogen-bond acceptors (Lipinski definition) is 2. The van der Waals surface area contributed by atoms with Gasteiger partial charge in [0.1, 0.15) is 0 Å². The topological polar surface area (TPSA) is 26.3 Å². The molecule has 1 atom stereocenters. The molecule has 25 heavy (non-hydrogen) atoms. The lowest BCUT2D eigenvalue weighted by molar-refractivity contribution is -0.150. The van der Waals surface area contributed by atoms with Gasteiger partial charge in [-0.3, -0.25) is 4.79 Å². The van der Waals surface area contributed by atoms with Crippen molar-refractivity contribution in [1.29, 1.82) is 0 Å². The van der Waals surface area contributed by atoms with Crippen LogP contribution in [0.4, 0.5) is 0 Å². The van der Waals surface area contributed by atoms with E-state index in [2.05, 4.69) is 27.7 Å². The molecule has 0 aliphatic heterocycles. The second kappa shape index (κ2) is 31.3. The van der Waals surface area contributed by atoms with Crippen LogP contribution in [0.2, 0.25) is 0 Å². The van der Waals surface area contributed by atoms with E-state index in [4.69, 9.17) is 4.74 Å². The van der Waals surface area contributed by atoms with E-state index in [0.717, 1.165) is 19.3 Å². The van der Waals surface area contributed by atoms with Gasteiger partial charge in [0.25, 0.3) is 0 Å². The fourth-order valence-corrected chi connectivity index (χ4v) is 2.51. The zero-order chi connectivity index (χ0) is 20.5. The maximum Gasteiger partial charge on any atom is 0.308 e. The average Bonchev–Trinajstić information content (AvgIpc) is 2.70. The van der Waals surface area contributed by atoms with E-state index in [9.17, 15) is 4.79 Å². The van der Waals surface area contributed by atoms with Crippen molar-refractivity contribution in [1.82, 2.24) is 0 Å². The highest BCUT2D eigenvalue weighted by Crippen LogP contribution is 2.24. The van der Waals surface area contributed by atoms with E-state index >= 15 is 0 Å². The lowest BCUT2D eigenvalue weighted by atomic mass is 9.90. The van der Waals surface area contributed by atoms with E-state index in [1.807, 2.05) is 41.5 Å². The summed E-state index contributed by atoms with van der Waals surface area (Å²) in [5, 5.41) is 0. The minimum absolute atomic E-state index is 0.0370. The summed E-state index contributed by atoms with van der Waals surface area (Å²) in [7, 11) is 0. The molecule has 0 bridgehead atoms. The van der Waals surface area contributed by atoms with E-state index in [1.54, 1.807) is 0 Å². The third-order valence-electron chi connectivity index (χ3n) is 3.65. The zero-order valence-corrected chi connectivity index (χ0v) is 19.5. The lowest BCUT2D eigenvalue weighted by Gasteiger charge is -2.22. The van der Waals surface area contributed by atoms with Gasteiger partial charge >= 0.3 is 5.97 Å². The van der Waals surface area contributed by atoms with Gasteiger partial charge < -0.3 is 4.74 Å². The molecule has 0 aromatic rings. The molecule has 0 aromatic carbocycles. The molecule has 0 spiro atoms. The monoisotopic (exact) mass is 360 g/mol. The zero-order valence-electron chi connectivity index (χ0n) is 19.5. The van der Waals surface area contributed by atoms with Crippen molar-refractivity contribution in [2.24, 2.45) is 11.8 Å². The van der Waals surface area contributed by atoms with Crippen LogP contribution >= 0.6 is 0 Å². The van der Waals surface area contributed by atoms with Gasteiger partial charge in [0.15, 0.2) is 0 Å². The van der Waals surface area contributed by atoms with Crippen LogP contribution in [0.3, 0.4) is 0 Å². The number of esters is 1. The van der Waals surface area contributed by atoms with Crippen LogP contribution in [0.1, 0.15) is 127 Å². The van der Waals surface area contributed by atoms with Crippen molar-refractivity contribution in [3.8, 4) is 0 Å². The molecule has 2 nitrogen and oxygen atoms in total. The molecule has 2 heteroatoms. The van der Waals surface area contributed by atoms with Crippen LogP contribution in [0, 0.1) is 11.8 Å². The first-order valence-electron chi connectivity index (χ1n) is 11.4.